The van der Waals surface area contributed by atoms with Crippen LogP contribution >= 0.6 is 0 Å². The van der Waals surface area contributed by atoms with Crippen molar-refractivity contribution in [3.8, 4) is 0 Å². The van der Waals surface area contributed by atoms with Crippen LogP contribution < -0.4 is 5.32 Å². The molecule has 0 aromatic rings. The van der Waals surface area contributed by atoms with E-state index < -0.39 is 0 Å². The molecule has 1 aliphatic rings. The normalized spacial score (nSPS) is 21.6. The van der Waals surface area contributed by atoms with Gasteiger partial charge in [0.25, 0.3) is 0 Å². The van der Waals surface area contributed by atoms with Gasteiger partial charge in [-0.15, -0.1) is 0 Å². The Balaban J connectivity index is 2.20. The highest BCUT2D eigenvalue weighted by Gasteiger charge is 2.24. The van der Waals surface area contributed by atoms with Crippen LogP contribution in [-0.2, 0) is 4.74 Å². The molecule has 0 radical (unpaired) electrons. The van der Waals surface area contributed by atoms with Crippen LogP contribution in [0.15, 0.2) is 0 Å². The third kappa shape index (κ3) is 3.58. The fraction of sp³-hybridized carbons (Fsp3) is 1.00. The van der Waals surface area contributed by atoms with E-state index >= 15 is 0 Å². The molecule has 0 aliphatic heterocycles. The first-order valence-electron chi connectivity index (χ1n) is 5.94. The number of methoxy groups -OCH3 is 1. The Morgan fingerprint density at radius 3 is 2.57 bits per heavy atom. The number of nitrogens with one attached hydrogen (secondary N) is 1. The summed E-state index contributed by atoms with van der Waals surface area (Å²) in [6.45, 7) is 3.23. The molecule has 1 fully saturated rings. The van der Waals surface area contributed by atoms with Gasteiger partial charge in [-0.3, -0.25) is 0 Å². The van der Waals surface area contributed by atoms with Crippen LogP contribution in [0.25, 0.3) is 0 Å². The summed E-state index contributed by atoms with van der Waals surface area (Å²) in [7, 11) is 3.87. The molecule has 84 valence electrons. The van der Waals surface area contributed by atoms with Crippen molar-refractivity contribution in [1.82, 2.24) is 5.32 Å². The molecule has 0 spiro atoms. The van der Waals surface area contributed by atoms with Crippen LogP contribution in [0.2, 0.25) is 0 Å². The van der Waals surface area contributed by atoms with Gasteiger partial charge in [0, 0.05) is 19.8 Å². The molecule has 0 bridgehead atoms. The monoisotopic (exact) mass is 199 g/mol. The van der Waals surface area contributed by atoms with Crippen molar-refractivity contribution in [1.29, 1.82) is 0 Å². The highest BCUT2D eigenvalue weighted by Crippen LogP contribution is 2.32. The van der Waals surface area contributed by atoms with Crippen molar-refractivity contribution in [3.63, 3.8) is 0 Å². The number of hydrogen-bond donors (Lipinski definition) is 1. The molecular weight excluding hydrogens is 174 g/mol. The van der Waals surface area contributed by atoms with E-state index in [0.717, 1.165) is 18.4 Å². The van der Waals surface area contributed by atoms with Gasteiger partial charge in [0.15, 0.2) is 0 Å². The molecule has 14 heavy (non-hydrogen) atoms. The lowest BCUT2D eigenvalue weighted by molar-refractivity contribution is 0.159. The van der Waals surface area contributed by atoms with Gasteiger partial charge >= 0.3 is 0 Å². The molecule has 1 aliphatic carbocycles. The van der Waals surface area contributed by atoms with Gasteiger partial charge in [-0.2, -0.15) is 0 Å². The fourth-order valence-electron chi connectivity index (χ4n) is 2.23. The van der Waals surface area contributed by atoms with Gasteiger partial charge < -0.3 is 10.1 Å². The number of hydrogen-bond acceptors (Lipinski definition) is 2. The molecule has 0 saturated heterocycles. The van der Waals surface area contributed by atoms with Crippen molar-refractivity contribution in [3.05, 3.63) is 0 Å². The molecular formula is C12H25NO. The number of ether oxygens (including phenoxy) is 1. The lowest BCUT2D eigenvalue weighted by atomic mass is 9.78. The fourth-order valence-corrected chi connectivity index (χ4v) is 2.23. The molecule has 1 N–H and O–H groups in total. The summed E-state index contributed by atoms with van der Waals surface area (Å²) < 4.78 is 5.12. The maximum absolute atomic E-state index is 5.12. The minimum Gasteiger partial charge on any atom is -0.385 e. The Kier molecular flexibility index (Phi) is 5.49. The second-order valence-corrected chi connectivity index (χ2v) is 4.69. The van der Waals surface area contributed by atoms with Crippen molar-refractivity contribution in [2.75, 3.05) is 20.8 Å². The first-order valence-corrected chi connectivity index (χ1v) is 5.94. The molecule has 1 saturated carbocycles. The van der Waals surface area contributed by atoms with E-state index in [9.17, 15) is 0 Å². The Bertz CT molecular complexity index is 145. The first-order chi connectivity index (χ1) is 6.77. The van der Waals surface area contributed by atoms with E-state index in [1.165, 1.54) is 32.1 Å². The Hall–Kier alpha value is -0.0800. The summed E-state index contributed by atoms with van der Waals surface area (Å²) in [4.78, 5) is 0. The van der Waals surface area contributed by atoms with Crippen LogP contribution in [0, 0.1) is 11.8 Å². The van der Waals surface area contributed by atoms with Crippen LogP contribution in [0.5, 0.6) is 0 Å². The Morgan fingerprint density at radius 1 is 1.43 bits per heavy atom. The molecule has 2 atom stereocenters. The van der Waals surface area contributed by atoms with Gasteiger partial charge in [-0.25, -0.2) is 0 Å². The van der Waals surface area contributed by atoms with Gasteiger partial charge in [0.05, 0.1) is 0 Å². The zero-order chi connectivity index (χ0) is 10.4. The SMILES string of the molecule is CNC(CC1CCC1)C(C)CCOC. The summed E-state index contributed by atoms with van der Waals surface area (Å²) in [6, 6.07) is 0.690. The lowest BCUT2D eigenvalue weighted by Gasteiger charge is -2.32. The predicted octanol–water partition coefficient (Wildman–Crippen LogP) is 2.44. The zero-order valence-electron chi connectivity index (χ0n) is 9.88. The minimum absolute atomic E-state index is 0.690. The molecule has 2 unspecified atom stereocenters. The van der Waals surface area contributed by atoms with E-state index in [4.69, 9.17) is 4.74 Å². The van der Waals surface area contributed by atoms with Crippen molar-refractivity contribution < 1.29 is 4.74 Å². The zero-order valence-corrected chi connectivity index (χ0v) is 9.88. The summed E-state index contributed by atoms with van der Waals surface area (Å²) in [5, 5.41) is 3.45. The van der Waals surface area contributed by atoms with Crippen LogP contribution in [-0.4, -0.2) is 26.8 Å². The third-order valence-corrected chi connectivity index (χ3v) is 3.65. The Morgan fingerprint density at radius 2 is 2.14 bits per heavy atom. The largest absolute Gasteiger partial charge is 0.385 e. The summed E-state index contributed by atoms with van der Waals surface area (Å²) in [6.07, 6.45) is 6.90. The number of rotatable bonds is 7. The average Bonchev–Trinajstić information content (AvgIpc) is 2.13. The third-order valence-electron chi connectivity index (χ3n) is 3.65. The maximum Gasteiger partial charge on any atom is 0.0465 e. The molecule has 0 heterocycles. The van der Waals surface area contributed by atoms with Crippen LogP contribution in [0.4, 0.5) is 0 Å². The smallest absolute Gasteiger partial charge is 0.0465 e. The van der Waals surface area contributed by atoms with E-state index in [2.05, 4.69) is 19.3 Å². The minimum atomic E-state index is 0.690. The molecule has 2 nitrogen and oxygen atoms in total. The van der Waals surface area contributed by atoms with Gasteiger partial charge in [-0.1, -0.05) is 26.2 Å². The second kappa shape index (κ2) is 6.41. The summed E-state index contributed by atoms with van der Waals surface area (Å²) in [5.74, 6) is 1.73. The summed E-state index contributed by atoms with van der Waals surface area (Å²) >= 11 is 0. The van der Waals surface area contributed by atoms with Gasteiger partial charge in [0.2, 0.25) is 0 Å². The Labute approximate surface area is 88.4 Å². The molecule has 0 aromatic carbocycles. The maximum atomic E-state index is 5.12. The molecule has 2 heteroatoms. The first kappa shape index (κ1) is 12.0. The van der Waals surface area contributed by atoms with Crippen LogP contribution in [0.1, 0.15) is 39.0 Å². The molecule has 0 aromatic heterocycles. The second-order valence-electron chi connectivity index (χ2n) is 4.69. The van der Waals surface area contributed by atoms with E-state index in [1.807, 2.05) is 0 Å². The predicted molar refractivity (Wildman–Crippen MR) is 60.5 cm³/mol. The van der Waals surface area contributed by atoms with Crippen molar-refractivity contribution in [2.24, 2.45) is 11.8 Å². The lowest BCUT2D eigenvalue weighted by Crippen LogP contribution is -2.36. The topological polar surface area (TPSA) is 21.3 Å². The highest BCUT2D eigenvalue weighted by atomic mass is 16.5. The van der Waals surface area contributed by atoms with Crippen molar-refractivity contribution in [2.45, 2.75) is 45.1 Å². The van der Waals surface area contributed by atoms with E-state index in [1.54, 1.807) is 7.11 Å². The highest BCUT2D eigenvalue weighted by molar-refractivity contribution is 4.79. The quantitative estimate of drug-likeness (QED) is 0.680. The van der Waals surface area contributed by atoms with Crippen molar-refractivity contribution >= 4 is 0 Å². The van der Waals surface area contributed by atoms with E-state index in [0.29, 0.717) is 6.04 Å². The van der Waals surface area contributed by atoms with E-state index in [-0.39, 0.29) is 0 Å². The summed E-state index contributed by atoms with van der Waals surface area (Å²) in [5.41, 5.74) is 0. The van der Waals surface area contributed by atoms with Crippen LogP contribution in [0.3, 0.4) is 0 Å². The average molecular weight is 199 g/mol. The van der Waals surface area contributed by atoms with Gasteiger partial charge in [-0.05, 0) is 31.7 Å². The standard InChI is InChI=1S/C12H25NO/c1-10(7-8-14-3)12(13-2)9-11-5-4-6-11/h10-13H,4-9H2,1-3H3. The van der Waals surface area contributed by atoms with Gasteiger partial charge in [0.1, 0.15) is 0 Å². The molecule has 0 amide bonds. The molecule has 1 rings (SSSR count).